The number of rotatable bonds is 7. The molecular weight excluding hydrogens is 336 g/mol. The fourth-order valence-electron chi connectivity index (χ4n) is 1.29. The van der Waals surface area contributed by atoms with Crippen molar-refractivity contribution in [2.24, 2.45) is 0 Å². The van der Waals surface area contributed by atoms with Gasteiger partial charge in [0.05, 0.1) is 23.7 Å². The Morgan fingerprint density at radius 1 is 1.44 bits per heavy atom. The number of H-pyrrole nitrogens is 1. The van der Waals surface area contributed by atoms with Crippen molar-refractivity contribution in [3.05, 3.63) is 16.6 Å². The van der Waals surface area contributed by atoms with Crippen LogP contribution in [0.25, 0.3) is 0 Å². The van der Waals surface area contributed by atoms with E-state index in [-0.39, 0.29) is 0 Å². The lowest BCUT2D eigenvalue weighted by Gasteiger charge is -2.04. The maximum Gasteiger partial charge on any atom is 0.184 e. The van der Waals surface area contributed by atoms with E-state index in [1.807, 2.05) is 18.8 Å². The molecule has 0 saturated carbocycles. The lowest BCUT2D eigenvalue weighted by atomic mass is 10.6. The maximum absolute atomic E-state index is 4.17. The van der Waals surface area contributed by atoms with E-state index < -0.39 is 0 Å². The fourth-order valence-corrected chi connectivity index (χ4v) is 3.18. The number of anilines is 2. The molecule has 3 N–H and O–H groups in total. The molecule has 98 valence electrons. The second kappa shape index (κ2) is 6.95. The first-order valence-corrected chi connectivity index (χ1v) is 7.98. The number of nitrogens with zero attached hydrogens (tertiary/aromatic N) is 3. The molecule has 0 unspecified atom stereocenters. The molecule has 0 fully saturated rings. The van der Waals surface area contributed by atoms with E-state index in [4.69, 9.17) is 0 Å². The first-order chi connectivity index (χ1) is 8.81. The van der Waals surface area contributed by atoms with Gasteiger partial charge in [-0.3, -0.25) is 0 Å². The topological polar surface area (TPSA) is 78.5 Å². The van der Waals surface area contributed by atoms with Gasteiger partial charge in [0.15, 0.2) is 11.6 Å². The minimum absolute atomic E-state index is 0.807. The number of aromatic amines is 1. The first-order valence-electron chi connectivity index (χ1n) is 5.31. The predicted octanol–water partition coefficient (Wildman–Crippen LogP) is 2.41. The van der Waals surface area contributed by atoms with Crippen LogP contribution in [0, 0.1) is 0 Å². The SMILES string of the molecule is CNc1nsnc1NCCSCc1[nH]cnc1Br. The average Bonchev–Trinajstić information content (AvgIpc) is 2.98. The number of hydrogen-bond acceptors (Lipinski definition) is 7. The van der Waals surface area contributed by atoms with Crippen LogP contribution in [0.2, 0.25) is 0 Å². The van der Waals surface area contributed by atoms with Crippen molar-refractivity contribution in [3.8, 4) is 0 Å². The lowest BCUT2D eigenvalue weighted by molar-refractivity contribution is 1.18. The molecule has 0 bridgehead atoms. The molecule has 0 radical (unpaired) electrons. The molecule has 0 aliphatic rings. The van der Waals surface area contributed by atoms with Gasteiger partial charge in [-0.2, -0.15) is 20.5 Å². The first kappa shape index (κ1) is 13.6. The Kier molecular flexibility index (Phi) is 5.26. The van der Waals surface area contributed by atoms with Gasteiger partial charge in [0, 0.05) is 25.1 Å². The maximum atomic E-state index is 4.17. The molecule has 0 spiro atoms. The Morgan fingerprint density at radius 2 is 2.28 bits per heavy atom. The van der Waals surface area contributed by atoms with Gasteiger partial charge in [0.25, 0.3) is 0 Å². The molecule has 2 heterocycles. The molecule has 2 rings (SSSR count). The Bertz CT molecular complexity index is 485. The van der Waals surface area contributed by atoms with Crippen LogP contribution < -0.4 is 10.6 Å². The second-order valence-electron chi connectivity index (χ2n) is 3.36. The summed E-state index contributed by atoms with van der Waals surface area (Å²) < 4.78 is 9.18. The van der Waals surface area contributed by atoms with Gasteiger partial charge < -0.3 is 15.6 Å². The van der Waals surface area contributed by atoms with E-state index in [0.717, 1.165) is 40.0 Å². The third-order valence-corrected chi connectivity index (χ3v) is 4.37. The van der Waals surface area contributed by atoms with Gasteiger partial charge >= 0.3 is 0 Å². The number of thioether (sulfide) groups is 1. The Labute approximate surface area is 122 Å². The van der Waals surface area contributed by atoms with Gasteiger partial charge in [-0.1, -0.05) is 0 Å². The van der Waals surface area contributed by atoms with Gasteiger partial charge in [-0.25, -0.2) is 4.98 Å². The van der Waals surface area contributed by atoms with Gasteiger partial charge in [-0.15, -0.1) is 0 Å². The largest absolute Gasteiger partial charge is 0.369 e. The molecule has 0 aliphatic heterocycles. The fraction of sp³-hybridized carbons (Fsp3) is 0.444. The normalized spacial score (nSPS) is 10.6. The summed E-state index contributed by atoms with van der Waals surface area (Å²) in [4.78, 5) is 7.18. The molecule has 6 nitrogen and oxygen atoms in total. The highest BCUT2D eigenvalue weighted by Gasteiger charge is 2.05. The molecule has 0 amide bonds. The van der Waals surface area contributed by atoms with E-state index in [1.54, 1.807) is 6.33 Å². The quantitative estimate of drug-likeness (QED) is 0.667. The van der Waals surface area contributed by atoms with E-state index in [2.05, 4.69) is 45.3 Å². The number of hydrogen-bond donors (Lipinski definition) is 3. The monoisotopic (exact) mass is 348 g/mol. The second-order valence-corrected chi connectivity index (χ2v) is 5.75. The molecule has 0 aliphatic carbocycles. The summed E-state index contributed by atoms with van der Waals surface area (Å²) in [6, 6.07) is 0. The highest BCUT2D eigenvalue weighted by Crippen LogP contribution is 2.19. The van der Waals surface area contributed by atoms with Crippen molar-refractivity contribution in [1.29, 1.82) is 0 Å². The molecule has 18 heavy (non-hydrogen) atoms. The highest BCUT2D eigenvalue weighted by atomic mass is 79.9. The van der Waals surface area contributed by atoms with Gasteiger partial charge in [0.2, 0.25) is 0 Å². The van der Waals surface area contributed by atoms with Crippen LogP contribution in [0.5, 0.6) is 0 Å². The zero-order valence-electron chi connectivity index (χ0n) is 9.73. The standard InChI is InChI=1S/C9H13BrN6S2/c1-11-8-9(16-18-15-8)12-2-3-17-4-6-7(10)14-5-13-6/h5H,2-4H2,1H3,(H,11,15)(H,12,16)(H,13,14). The van der Waals surface area contributed by atoms with Crippen molar-refractivity contribution >= 4 is 51.1 Å². The summed E-state index contributed by atoms with van der Waals surface area (Å²) in [5, 5.41) is 6.25. The third kappa shape index (κ3) is 3.59. The summed E-state index contributed by atoms with van der Waals surface area (Å²) in [5.41, 5.74) is 1.12. The van der Waals surface area contributed by atoms with Crippen LogP contribution in [0.4, 0.5) is 11.6 Å². The molecular formula is C9H13BrN6S2. The van der Waals surface area contributed by atoms with E-state index in [9.17, 15) is 0 Å². The Morgan fingerprint density at radius 3 is 3.00 bits per heavy atom. The van der Waals surface area contributed by atoms with E-state index in [1.165, 1.54) is 11.7 Å². The molecule has 2 aromatic rings. The summed E-state index contributed by atoms with van der Waals surface area (Å²) in [6.45, 7) is 0.858. The number of aromatic nitrogens is 4. The van der Waals surface area contributed by atoms with Crippen LogP contribution in [0.15, 0.2) is 10.9 Å². The van der Waals surface area contributed by atoms with Crippen LogP contribution in [-0.2, 0) is 5.75 Å². The number of halogens is 1. The van der Waals surface area contributed by atoms with Crippen LogP contribution in [0.1, 0.15) is 5.69 Å². The number of imidazole rings is 1. The lowest BCUT2D eigenvalue weighted by Crippen LogP contribution is -2.06. The van der Waals surface area contributed by atoms with Gasteiger partial charge in [0.1, 0.15) is 4.60 Å². The minimum Gasteiger partial charge on any atom is -0.369 e. The third-order valence-electron chi connectivity index (χ3n) is 2.18. The summed E-state index contributed by atoms with van der Waals surface area (Å²) in [6.07, 6.45) is 1.69. The van der Waals surface area contributed by atoms with Gasteiger partial charge in [-0.05, 0) is 15.9 Å². The molecule has 0 atom stereocenters. The highest BCUT2D eigenvalue weighted by molar-refractivity contribution is 9.10. The van der Waals surface area contributed by atoms with Crippen molar-refractivity contribution in [3.63, 3.8) is 0 Å². The van der Waals surface area contributed by atoms with Crippen LogP contribution in [0.3, 0.4) is 0 Å². The van der Waals surface area contributed by atoms with Crippen molar-refractivity contribution < 1.29 is 0 Å². The Hall–Kier alpha value is -0.800. The predicted molar refractivity (Wildman–Crippen MR) is 80.4 cm³/mol. The van der Waals surface area contributed by atoms with Crippen LogP contribution in [-0.4, -0.2) is 38.1 Å². The number of nitrogens with one attached hydrogen (secondary N) is 3. The van der Waals surface area contributed by atoms with E-state index in [0.29, 0.717) is 0 Å². The zero-order valence-corrected chi connectivity index (χ0v) is 13.0. The zero-order chi connectivity index (χ0) is 12.8. The molecule has 2 aromatic heterocycles. The van der Waals surface area contributed by atoms with Crippen molar-refractivity contribution in [2.75, 3.05) is 30.0 Å². The van der Waals surface area contributed by atoms with Crippen molar-refractivity contribution in [1.82, 2.24) is 18.7 Å². The molecule has 9 heteroatoms. The van der Waals surface area contributed by atoms with Crippen LogP contribution >= 0.6 is 39.4 Å². The minimum atomic E-state index is 0.807. The van der Waals surface area contributed by atoms with Crippen molar-refractivity contribution in [2.45, 2.75) is 5.75 Å². The summed E-state index contributed by atoms with van der Waals surface area (Å²) in [7, 11) is 1.84. The molecule has 0 aromatic carbocycles. The average molecular weight is 349 g/mol. The Balaban J connectivity index is 1.66. The smallest absolute Gasteiger partial charge is 0.184 e. The molecule has 0 saturated heterocycles. The summed E-state index contributed by atoms with van der Waals surface area (Å²) in [5.74, 6) is 3.54. The summed E-state index contributed by atoms with van der Waals surface area (Å²) >= 11 is 6.42. The van der Waals surface area contributed by atoms with E-state index >= 15 is 0 Å².